The van der Waals surface area contributed by atoms with Crippen LogP contribution in [0.3, 0.4) is 0 Å². The first-order valence-corrected chi connectivity index (χ1v) is 10.2. The van der Waals surface area contributed by atoms with Crippen LogP contribution in [0.2, 0.25) is 0 Å². The molecule has 0 aromatic heterocycles. The summed E-state index contributed by atoms with van der Waals surface area (Å²) in [6, 6.07) is 27.7. The van der Waals surface area contributed by atoms with E-state index in [2.05, 4.69) is 10.3 Å². The Labute approximate surface area is 182 Å². The fraction of sp³-hybridized carbons (Fsp3) is 0.111. The topological polar surface area (TPSA) is 50.7 Å². The molecule has 4 aromatic rings. The van der Waals surface area contributed by atoms with Gasteiger partial charge in [-0.05, 0) is 60.5 Å². The lowest BCUT2D eigenvalue weighted by Gasteiger charge is -2.12. The summed E-state index contributed by atoms with van der Waals surface area (Å²) in [4.78, 5) is 17.0. The number of aryl methyl sites for hydroxylation is 2. The molecule has 1 amide bonds. The van der Waals surface area contributed by atoms with Crippen molar-refractivity contribution < 1.29 is 9.53 Å². The van der Waals surface area contributed by atoms with Crippen LogP contribution in [0.1, 0.15) is 16.7 Å². The van der Waals surface area contributed by atoms with Crippen LogP contribution in [0.4, 0.5) is 11.4 Å². The van der Waals surface area contributed by atoms with Crippen molar-refractivity contribution in [3.63, 3.8) is 0 Å². The molecule has 0 fully saturated rings. The Morgan fingerprint density at radius 2 is 1.71 bits per heavy atom. The summed E-state index contributed by atoms with van der Waals surface area (Å²) in [5.41, 5.74) is 4.74. The molecule has 31 heavy (non-hydrogen) atoms. The van der Waals surface area contributed by atoms with E-state index in [0.29, 0.717) is 5.75 Å². The highest BCUT2D eigenvalue weighted by molar-refractivity contribution is 6.03. The summed E-state index contributed by atoms with van der Waals surface area (Å²) in [5, 5.41) is 4.99. The standard InChI is InChI=1S/C27H24N2O2/c1-19-10-13-22(14-11-19)28-17-25-24-9-4-3-7-21(24)12-15-26(25)31-18-27(30)29-23-8-5-6-20(2)16-23/h3-17H,18H2,1-2H3,(H,29,30). The zero-order chi connectivity index (χ0) is 21.6. The number of nitrogens with zero attached hydrogens (tertiary/aromatic N) is 1. The van der Waals surface area contributed by atoms with Crippen molar-refractivity contribution in [2.45, 2.75) is 13.8 Å². The molecule has 4 heteroatoms. The number of carbonyl (C=O) groups is 1. The average Bonchev–Trinajstić information content (AvgIpc) is 2.77. The number of ether oxygens (including phenoxy) is 1. The third-order valence-corrected chi connectivity index (χ3v) is 4.97. The molecule has 0 unspecified atom stereocenters. The highest BCUT2D eigenvalue weighted by Crippen LogP contribution is 2.27. The Kier molecular flexibility index (Phi) is 6.08. The molecule has 0 aliphatic rings. The van der Waals surface area contributed by atoms with Gasteiger partial charge in [0.15, 0.2) is 6.61 Å². The molecule has 154 valence electrons. The minimum atomic E-state index is -0.208. The summed E-state index contributed by atoms with van der Waals surface area (Å²) in [6.45, 7) is 3.95. The van der Waals surface area contributed by atoms with Gasteiger partial charge in [0, 0.05) is 17.5 Å². The van der Waals surface area contributed by atoms with Gasteiger partial charge in [-0.1, -0.05) is 60.2 Å². The van der Waals surface area contributed by atoms with Crippen molar-refractivity contribution >= 4 is 34.3 Å². The second kappa shape index (κ2) is 9.26. The maximum absolute atomic E-state index is 12.4. The van der Waals surface area contributed by atoms with Crippen LogP contribution in [0, 0.1) is 13.8 Å². The Morgan fingerprint density at radius 3 is 2.52 bits per heavy atom. The first-order chi connectivity index (χ1) is 15.1. The molecule has 0 atom stereocenters. The Bertz CT molecular complexity index is 1240. The number of amides is 1. The van der Waals surface area contributed by atoms with Gasteiger partial charge in [0.1, 0.15) is 5.75 Å². The van der Waals surface area contributed by atoms with Gasteiger partial charge >= 0.3 is 0 Å². The third-order valence-electron chi connectivity index (χ3n) is 4.97. The lowest BCUT2D eigenvalue weighted by atomic mass is 10.0. The minimum Gasteiger partial charge on any atom is -0.483 e. The quantitative estimate of drug-likeness (QED) is 0.385. The van der Waals surface area contributed by atoms with Crippen LogP contribution in [0.5, 0.6) is 5.75 Å². The van der Waals surface area contributed by atoms with Crippen molar-refractivity contribution in [3.05, 3.63) is 102 Å². The normalized spacial score (nSPS) is 11.0. The van der Waals surface area contributed by atoms with Gasteiger partial charge in [-0.15, -0.1) is 0 Å². The number of hydrogen-bond donors (Lipinski definition) is 1. The predicted octanol–water partition coefficient (Wildman–Crippen LogP) is 6.22. The highest BCUT2D eigenvalue weighted by Gasteiger charge is 2.10. The van der Waals surface area contributed by atoms with E-state index in [1.165, 1.54) is 5.56 Å². The molecule has 0 radical (unpaired) electrons. The third kappa shape index (κ3) is 5.17. The van der Waals surface area contributed by atoms with E-state index in [0.717, 1.165) is 33.3 Å². The summed E-state index contributed by atoms with van der Waals surface area (Å²) >= 11 is 0. The largest absolute Gasteiger partial charge is 0.483 e. The lowest BCUT2D eigenvalue weighted by molar-refractivity contribution is -0.118. The summed E-state index contributed by atoms with van der Waals surface area (Å²) < 4.78 is 5.91. The first kappa shape index (κ1) is 20.4. The van der Waals surface area contributed by atoms with Gasteiger partial charge < -0.3 is 10.1 Å². The molecule has 4 nitrogen and oxygen atoms in total. The van der Waals surface area contributed by atoms with Crippen LogP contribution < -0.4 is 10.1 Å². The fourth-order valence-corrected chi connectivity index (χ4v) is 3.37. The van der Waals surface area contributed by atoms with E-state index in [-0.39, 0.29) is 12.5 Å². The summed E-state index contributed by atoms with van der Waals surface area (Å²) in [7, 11) is 0. The van der Waals surface area contributed by atoms with E-state index in [9.17, 15) is 4.79 Å². The fourth-order valence-electron chi connectivity index (χ4n) is 3.37. The molecule has 4 rings (SSSR count). The van der Waals surface area contributed by atoms with E-state index < -0.39 is 0 Å². The van der Waals surface area contributed by atoms with Gasteiger partial charge in [-0.2, -0.15) is 0 Å². The smallest absolute Gasteiger partial charge is 0.262 e. The van der Waals surface area contributed by atoms with Crippen LogP contribution >= 0.6 is 0 Å². The van der Waals surface area contributed by atoms with Gasteiger partial charge in [0.05, 0.1) is 5.69 Å². The van der Waals surface area contributed by atoms with Gasteiger partial charge in [-0.3, -0.25) is 9.79 Å². The maximum atomic E-state index is 12.4. The van der Waals surface area contributed by atoms with E-state index in [1.807, 2.05) is 98.8 Å². The number of carbonyl (C=O) groups excluding carboxylic acids is 1. The van der Waals surface area contributed by atoms with Crippen molar-refractivity contribution in [2.24, 2.45) is 4.99 Å². The Balaban J connectivity index is 1.57. The summed E-state index contributed by atoms with van der Waals surface area (Å²) in [6.07, 6.45) is 1.81. The number of fused-ring (bicyclic) bond motifs is 1. The zero-order valence-corrected chi connectivity index (χ0v) is 17.6. The van der Waals surface area contributed by atoms with Crippen molar-refractivity contribution in [1.82, 2.24) is 0 Å². The Morgan fingerprint density at radius 1 is 0.903 bits per heavy atom. The van der Waals surface area contributed by atoms with Crippen LogP contribution in [-0.2, 0) is 4.79 Å². The molecule has 0 aliphatic heterocycles. The van der Waals surface area contributed by atoms with Gasteiger partial charge in [-0.25, -0.2) is 0 Å². The molecular weight excluding hydrogens is 384 g/mol. The van der Waals surface area contributed by atoms with Crippen molar-refractivity contribution in [3.8, 4) is 5.75 Å². The second-order valence-corrected chi connectivity index (χ2v) is 7.50. The number of benzene rings is 4. The van der Waals surface area contributed by atoms with Gasteiger partial charge in [0.2, 0.25) is 0 Å². The highest BCUT2D eigenvalue weighted by atomic mass is 16.5. The van der Waals surface area contributed by atoms with E-state index in [4.69, 9.17) is 4.74 Å². The van der Waals surface area contributed by atoms with Crippen LogP contribution in [0.25, 0.3) is 10.8 Å². The van der Waals surface area contributed by atoms with Crippen LogP contribution in [-0.4, -0.2) is 18.7 Å². The number of hydrogen-bond acceptors (Lipinski definition) is 3. The minimum absolute atomic E-state index is 0.0857. The summed E-state index contributed by atoms with van der Waals surface area (Å²) in [5.74, 6) is 0.411. The molecule has 0 heterocycles. The number of aliphatic imine (C=N–C) groups is 1. The van der Waals surface area contributed by atoms with Gasteiger partial charge in [0.25, 0.3) is 5.91 Å². The molecule has 0 saturated carbocycles. The number of rotatable bonds is 6. The molecule has 4 aromatic carbocycles. The monoisotopic (exact) mass is 408 g/mol. The second-order valence-electron chi connectivity index (χ2n) is 7.50. The van der Waals surface area contributed by atoms with E-state index >= 15 is 0 Å². The van der Waals surface area contributed by atoms with E-state index in [1.54, 1.807) is 6.21 Å². The lowest BCUT2D eigenvalue weighted by Crippen LogP contribution is -2.20. The SMILES string of the molecule is Cc1ccc(N=Cc2c(OCC(=O)Nc3cccc(C)c3)ccc3ccccc23)cc1. The van der Waals surface area contributed by atoms with Crippen molar-refractivity contribution in [1.29, 1.82) is 0 Å². The molecule has 0 spiro atoms. The first-order valence-electron chi connectivity index (χ1n) is 10.2. The molecule has 0 bridgehead atoms. The maximum Gasteiger partial charge on any atom is 0.262 e. The predicted molar refractivity (Wildman–Crippen MR) is 128 cm³/mol. The molecule has 0 saturated heterocycles. The van der Waals surface area contributed by atoms with Crippen molar-refractivity contribution in [2.75, 3.05) is 11.9 Å². The molecular formula is C27H24N2O2. The molecule has 0 aliphatic carbocycles. The zero-order valence-electron chi connectivity index (χ0n) is 17.6. The number of anilines is 1. The average molecular weight is 409 g/mol. The Hall–Kier alpha value is -3.92. The number of nitrogens with one attached hydrogen (secondary N) is 1. The molecule has 1 N–H and O–H groups in total. The van der Waals surface area contributed by atoms with Crippen LogP contribution in [0.15, 0.2) is 89.9 Å².